The first kappa shape index (κ1) is 18.4. The second-order valence-electron chi connectivity index (χ2n) is 7.13. The monoisotopic (exact) mass is 295 g/mol. The Morgan fingerprint density at radius 3 is 2.52 bits per heavy atom. The second kappa shape index (κ2) is 8.70. The molecular formula is C18H33NO2. The number of nitrogens with one attached hydrogen (secondary N) is 1. The average molecular weight is 295 g/mol. The van der Waals surface area contributed by atoms with Gasteiger partial charge in [-0.1, -0.05) is 59.0 Å². The lowest BCUT2D eigenvalue weighted by Crippen LogP contribution is -2.46. The number of hydrogen-bond donors (Lipinski definition) is 2. The van der Waals surface area contributed by atoms with Crippen LogP contribution >= 0.6 is 0 Å². The topological polar surface area (TPSA) is 49.3 Å². The SMILES string of the molecule is CCCCCCCCNC1C=C(C)C(=O)CC(C)(C)C1O. The molecule has 0 saturated heterocycles. The first-order valence-corrected chi connectivity index (χ1v) is 8.51. The summed E-state index contributed by atoms with van der Waals surface area (Å²) in [4.78, 5) is 12.0. The lowest BCUT2D eigenvalue weighted by molar-refractivity contribution is -0.118. The van der Waals surface area contributed by atoms with Crippen molar-refractivity contribution in [2.75, 3.05) is 6.54 Å². The van der Waals surface area contributed by atoms with Crippen molar-refractivity contribution >= 4 is 5.78 Å². The minimum atomic E-state index is -0.515. The van der Waals surface area contributed by atoms with E-state index in [2.05, 4.69) is 12.2 Å². The van der Waals surface area contributed by atoms with Gasteiger partial charge in [-0.05, 0) is 30.9 Å². The molecule has 0 aliphatic heterocycles. The summed E-state index contributed by atoms with van der Waals surface area (Å²) >= 11 is 0. The van der Waals surface area contributed by atoms with Crippen molar-refractivity contribution in [1.82, 2.24) is 5.32 Å². The molecule has 0 heterocycles. The fraction of sp³-hybridized carbons (Fsp3) is 0.833. The highest BCUT2D eigenvalue weighted by atomic mass is 16.3. The molecule has 122 valence electrons. The number of carbonyl (C=O) groups is 1. The standard InChI is InChI=1S/C18H33NO2/c1-5-6-7-8-9-10-11-19-15-12-14(2)16(20)13-18(3,4)17(15)21/h12,15,17,19,21H,5-11,13H2,1-4H3. The van der Waals surface area contributed by atoms with Crippen LogP contribution in [0.25, 0.3) is 0 Å². The summed E-state index contributed by atoms with van der Waals surface area (Å²) in [6.45, 7) is 8.94. The number of rotatable bonds is 8. The van der Waals surface area contributed by atoms with Gasteiger partial charge in [0.05, 0.1) is 12.1 Å². The van der Waals surface area contributed by atoms with Gasteiger partial charge in [-0.3, -0.25) is 4.79 Å². The number of ketones is 1. The molecule has 21 heavy (non-hydrogen) atoms. The van der Waals surface area contributed by atoms with Gasteiger partial charge >= 0.3 is 0 Å². The number of aliphatic hydroxyl groups is 1. The number of unbranched alkanes of at least 4 members (excludes halogenated alkanes) is 5. The Kier molecular flexibility index (Phi) is 7.61. The van der Waals surface area contributed by atoms with Gasteiger partial charge in [0.25, 0.3) is 0 Å². The lowest BCUT2D eigenvalue weighted by Gasteiger charge is -2.33. The van der Waals surface area contributed by atoms with Crippen LogP contribution in [0.2, 0.25) is 0 Å². The van der Waals surface area contributed by atoms with Gasteiger partial charge < -0.3 is 10.4 Å². The van der Waals surface area contributed by atoms with E-state index in [9.17, 15) is 9.90 Å². The van der Waals surface area contributed by atoms with Crippen LogP contribution in [0.1, 0.15) is 72.6 Å². The van der Waals surface area contributed by atoms with Crippen LogP contribution in [0.3, 0.4) is 0 Å². The van der Waals surface area contributed by atoms with E-state index < -0.39 is 6.10 Å². The highest BCUT2D eigenvalue weighted by Gasteiger charge is 2.37. The van der Waals surface area contributed by atoms with Crippen molar-refractivity contribution < 1.29 is 9.90 Å². The van der Waals surface area contributed by atoms with Crippen molar-refractivity contribution in [3.05, 3.63) is 11.6 Å². The van der Waals surface area contributed by atoms with E-state index in [-0.39, 0.29) is 17.2 Å². The first-order chi connectivity index (χ1) is 9.88. The van der Waals surface area contributed by atoms with Gasteiger partial charge in [0.1, 0.15) is 0 Å². The lowest BCUT2D eigenvalue weighted by atomic mass is 9.80. The third-order valence-corrected chi connectivity index (χ3v) is 4.54. The van der Waals surface area contributed by atoms with E-state index in [4.69, 9.17) is 0 Å². The van der Waals surface area contributed by atoms with Crippen LogP contribution in [-0.2, 0) is 4.79 Å². The molecule has 0 aromatic carbocycles. The molecule has 0 fully saturated rings. The molecule has 0 saturated carbocycles. The van der Waals surface area contributed by atoms with Crippen LogP contribution in [0.5, 0.6) is 0 Å². The highest BCUT2D eigenvalue weighted by molar-refractivity contribution is 5.95. The van der Waals surface area contributed by atoms with Gasteiger partial charge in [0, 0.05) is 6.42 Å². The van der Waals surface area contributed by atoms with Crippen molar-refractivity contribution in [3.8, 4) is 0 Å². The van der Waals surface area contributed by atoms with Crippen LogP contribution in [0.15, 0.2) is 11.6 Å². The van der Waals surface area contributed by atoms with E-state index in [1.54, 1.807) is 0 Å². The zero-order valence-corrected chi connectivity index (χ0v) is 14.2. The van der Waals surface area contributed by atoms with Crippen LogP contribution in [0.4, 0.5) is 0 Å². The van der Waals surface area contributed by atoms with Crippen molar-refractivity contribution in [3.63, 3.8) is 0 Å². The molecule has 0 radical (unpaired) electrons. The molecule has 0 aromatic rings. The quantitative estimate of drug-likeness (QED) is 0.673. The Labute approximate surface area is 130 Å². The number of allylic oxidation sites excluding steroid dienone is 1. The zero-order valence-electron chi connectivity index (χ0n) is 14.2. The van der Waals surface area contributed by atoms with Crippen LogP contribution in [0, 0.1) is 5.41 Å². The summed E-state index contributed by atoms with van der Waals surface area (Å²) in [7, 11) is 0. The Morgan fingerprint density at radius 2 is 1.86 bits per heavy atom. The molecule has 0 bridgehead atoms. The summed E-state index contributed by atoms with van der Waals surface area (Å²) in [5, 5.41) is 14.0. The molecule has 0 spiro atoms. The molecule has 0 aromatic heterocycles. The van der Waals surface area contributed by atoms with E-state index in [0.717, 1.165) is 18.5 Å². The Balaban J connectivity index is 2.42. The highest BCUT2D eigenvalue weighted by Crippen LogP contribution is 2.32. The molecule has 2 N–H and O–H groups in total. The molecule has 1 aliphatic rings. The molecule has 0 amide bonds. The van der Waals surface area contributed by atoms with Gasteiger partial charge in [-0.25, -0.2) is 0 Å². The van der Waals surface area contributed by atoms with E-state index >= 15 is 0 Å². The van der Waals surface area contributed by atoms with Crippen molar-refractivity contribution in [1.29, 1.82) is 0 Å². The third kappa shape index (κ3) is 5.91. The van der Waals surface area contributed by atoms with Gasteiger partial charge in [-0.2, -0.15) is 0 Å². The zero-order chi connectivity index (χ0) is 15.9. The molecule has 3 nitrogen and oxygen atoms in total. The van der Waals surface area contributed by atoms with Crippen LogP contribution < -0.4 is 5.32 Å². The average Bonchev–Trinajstić information content (AvgIpc) is 2.49. The van der Waals surface area contributed by atoms with Crippen molar-refractivity contribution in [2.24, 2.45) is 5.41 Å². The van der Waals surface area contributed by atoms with Gasteiger partial charge in [0.2, 0.25) is 0 Å². The molecule has 3 heteroatoms. The maximum atomic E-state index is 12.0. The van der Waals surface area contributed by atoms with Crippen LogP contribution in [-0.4, -0.2) is 29.6 Å². The number of hydrogen-bond acceptors (Lipinski definition) is 3. The first-order valence-electron chi connectivity index (χ1n) is 8.51. The second-order valence-corrected chi connectivity index (χ2v) is 7.13. The molecular weight excluding hydrogens is 262 g/mol. The predicted octanol–water partition coefficient (Wildman–Crippen LogP) is 3.61. The minimum absolute atomic E-state index is 0.109. The number of Topliss-reactive ketones (excluding diaryl/α,β-unsaturated/α-hetero) is 1. The fourth-order valence-electron chi connectivity index (χ4n) is 2.94. The summed E-state index contributed by atoms with van der Waals surface area (Å²) in [6, 6.07) is -0.109. The smallest absolute Gasteiger partial charge is 0.158 e. The molecule has 2 unspecified atom stereocenters. The summed E-state index contributed by atoms with van der Waals surface area (Å²) in [5.74, 6) is 0.155. The van der Waals surface area contributed by atoms with E-state index in [1.165, 1.54) is 32.1 Å². The Bertz CT molecular complexity index is 360. The molecule has 2 atom stereocenters. The van der Waals surface area contributed by atoms with Crippen molar-refractivity contribution in [2.45, 2.75) is 84.8 Å². The van der Waals surface area contributed by atoms with E-state index in [0.29, 0.717) is 6.42 Å². The Hall–Kier alpha value is -0.670. The van der Waals surface area contributed by atoms with Gasteiger partial charge in [0.15, 0.2) is 5.78 Å². The largest absolute Gasteiger partial charge is 0.391 e. The maximum absolute atomic E-state index is 12.0. The predicted molar refractivity (Wildman–Crippen MR) is 88.3 cm³/mol. The number of aliphatic hydroxyl groups excluding tert-OH is 1. The third-order valence-electron chi connectivity index (χ3n) is 4.54. The number of carbonyl (C=O) groups excluding carboxylic acids is 1. The fourth-order valence-corrected chi connectivity index (χ4v) is 2.94. The van der Waals surface area contributed by atoms with Gasteiger partial charge in [-0.15, -0.1) is 0 Å². The Morgan fingerprint density at radius 1 is 1.24 bits per heavy atom. The van der Waals surface area contributed by atoms with E-state index in [1.807, 2.05) is 26.8 Å². The molecule has 1 aliphatic carbocycles. The molecule has 1 rings (SSSR count). The summed E-state index contributed by atoms with van der Waals surface area (Å²) < 4.78 is 0. The maximum Gasteiger partial charge on any atom is 0.158 e. The minimum Gasteiger partial charge on any atom is -0.391 e. The normalized spacial score (nSPS) is 25.6. The summed E-state index contributed by atoms with van der Waals surface area (Å²) in [6.07, 6.45) is 9.41. The summed E-state index contributed by atoms with van der Waals surface area (Å²) in [5.41, 5.74) is 0.407.